The van der Waals surface area contributed by atoms with Crippen LogP contribution in [-0.4, -0.2) is 37.9 Å². The van der Waals surface area contributed by atoms with Crippen LogP contribution in [0.5, 0.6) is 0 Å². The molecule has 7 heavy (non-hydrogen) atoms. The molecule has 0 bridgehead atoms. The van der Waals surface area contributed by atoms with Crippen LogP contribution >= 0.6 is 12.6 Å². The number of hydrogen-bond donors (Lipinski definition) is 2. The number of carbonyl (C=O) groups excluding carboxylic acids is 1. The minimum atomic E-state index is -0.367. The van der Waals surface area contributed by atoms with Gasteiger partial charge in [0.2, 0.25) is 0 Å². The maximum atomic E-state index is 10.2. The Balaban J connectivity index is 3.34. The number of carbonyl (C=O) groups is 1. The molecule has 0 aromatic heterocycles. The Labute approximate surface area is 61.1 Å². The molecule has 0 aliphatic carbocycles. The van der Waals surface area contributed by atoms with E-state index in [1.54, 1.807) is 0 Å². The molecule has 2 N–H and O–H groups in total. The van der Waals surface area contributed by atoms with E-state index >= 15 is 0 Å². The van der Waals surface area contributed by atoms with E-state index in [2.05, 4.69) is 12.6 Å². The fourth-order valence-corrected chi connectivity index (χ4v) is 0.862. The van der Waals surface area contributed by atoms with E-state index in [4.69, 9.17) is 5.73 Å². The van der Waals surface area contributed by atoms with Gasteiger partial charge in [-0.15, -0.1) is 0 Å². The molecule has 0 spiro atoms. The Morgan fingerprint density at radius 3 is 2.43 bits per heavy atom. The van der Waals surface area contributed by atoms with E-state index < -0.39 is 0 Å². The van der Waals surface area contributed by atoms with Gasteiger partial charge in [-0.2, -0.15) is 0 Å². The summed E-state index contributed by atoms with van der Waals surface area (Å²) in [4.78, 5) is 10.2. The second kappa shape index (κ2) is 3.73. The molecule has 0 heterocycles. The van der Waals surface area contributed by atoms with Crippen molar-refractivity contribution in [2.75, 3.05) is 5.75 Å². The Morgan fingerprint density at radius 1 is 2.00 bits per heavy atom. The van der Waals surface area contributed by atoms with Gasteiger partial charge in [-0.3, -0.25) is 0 Å². The van der Waals surface area contributed by atoms with Gasteiger partial charge >= 0.3 is 61.1 Å². The van der Waals surface area contributed by atoms with E-state index in [-0.39, 0.29) is 9.87 Å². The van der Waals surface area contributed by atoms with Gasteiger partial charge in [-0.1, -0.05) is 0 Å². The van der Waals surface area contributed by atoms with Crippen molar-refractivity contribution in [2.24, 2.45) is 5.73 Å². The summed E-state index contributed by atoms with van der Waals surface area (Å²) < 4.78 is 0.00537. The summed E-state index contributed by atoms with van der Waals surface area (Å²) in [6.45, 7) is 0. The van der Waals surface area contributed by atoms with E-state index in [0.29, 0.717) is 5.75 Å². The van der Waals surface area contributed by atoms with Crippen molar-refractivity contribution in [1.82, 2.24) is 0 Å². The summed E-state index contributed by atoms with van der Waals surface area (Å²) in [5, 5.41) is 0. The zero-order chi connectivity index (χ0) is 5.86. The summed E-state index contributed by atoms with van der Waals surface area (Å²) >= 11 is 5.20. The molecule has 0 aromatic rings. The molecule has 0 fully saturated rings. The third-order valence-electron chi connectivity index (χ3n) is 0.499. The molecule has 1 atom stereocenters. The Hall–Kier alpha value is 0.770. The number of hydrogen-bond acceptors (Lipinski definition) is 3. The number of rotatable bonds is 2. The Morgan fingerprint density at radius 2 is 2.43 bits per heavy atom. The van der Waals surface area contributed by atoms with Crippen molar-refractivity contribution in [3.63, 3.8) is 0 Å². The van der Waals surface area contributed by atoms with Crippen molar-refractivity contribution in [3.05, 3.63) is 0 Å². The Bertz CT molecular complexity index is 77.3. The van der Waals surface area contributed by atoms with E-state index in [9.17, 15) is 4.79 Å². The third kappa shape index (κ3) is 3.36. The average molecular weight is 232 g/mol. The van der Waals surface area contributed by atoms with Crippen molar-refractivity contribution in [3.8, 4) is 0 Å². The molecule has 0 rings (SSSR count). The van der Waals surface area contributed by atoms with Crippen LogP contribution in [0.25, 0.3) is 0 Å². The SMILES string of the molecule is N[C@@H](CS)C(=O)[Te]. The summed E-state index contributed by atoms with van der Waals surface area (Å²) in [7, 11) is 0. The van der Waals surface area contributed by atoms with Crippen LogP contribution in [0.2, 0.25) is 0 Å². The van der Waals surface area contributed by atoms with E-state index in [1.807, 2.05) is 0 Å². The standard InChI is InChI=1S/C3H6NOSTe/c4-2(1-6)3(5)7/h2,6H,1,4H2/t2-/m0/s1. The van der Waals surface area contributed by atoms with Gasteiger partial charge in [0.25, 0.3) is 0 Å². The monoisotopic (exact) mass is 234 g/mol. The maximum absolute atomic E-state index is 10.2. The third-order valence-corrected chi connectivity index (χ3v) is 1.76. The van der Waals surface area contributed by atoms with Gasteiger partial charge in [0, 0.05) is 0 Å². The van der Waals surface area contributed by atoms with Crippen molar-refractivity contribution < 1.29 is 4.79 Å². The minimum absolute atomic E-state index is 0.00537. The molecule has 1 radical (unpaired) electrons. The van der Waals surface area contributed by atoms with E-state index in [0.717, 1.165) is 0 Å². The van der Waals surface area contributed by atoms with Crippen LogP contribution < -0.4 is 5.73 Å². The topological polar surface area (TPSA) is 43.1 Å². The van der Waals surface area contributed by atoms with Crippen LogP contribution in [0, 0.1) is 0 Å². The first-order valence-electron chi connectivity index (χ1n) is 1.75. The number of thiol groups is 1. The molecule has 2 nitrogen and oxygen atoms in total. The van der Waals surface area contributed by atoms with Crippen molar-refractivity contribution >= 4 is 38.8 Å². The molecular weight excluding hydrogens is 226 g/mol. The zero-order valence-corrected chi connectivity index (χ0v) is 6.85. The first-order chi connectivity index (χ1) is 3.18. The van der Waals surface area contributed by atoms with Gasteiger partial charge in [-0.25, -0.2) is 0 Å². The second-order valence-corrected chi connectivity index (χ2v) is 2.62. The summed E-state index contributed by atoms with van der Waals surface area (Å²) in [6.07, 6.45) is 0. The summed E-state index contributed by atoms with van der Waals surface area (Å²) in [5.74, 6) is 0.442. The quantitative estimate of drug-likeness (QED) is 0.470. The fourth-order valence-electron chi connectivity index (χ4n) is 0.0745. The van der Waals surface area contributed by atoms with Crippen LogP contribution in [-0.2, 0) is 4.79 Å². The van der Waals surface area contributed by atoms with Gasteiger partial charge in [-0.05, 0) is 0 Å². The van der Waals surface area contributed by atoms with Gasteiger partial charge < -0.3 is 0 Å². The molecule has 0 aliphatic heterocycles. The predicted octanol–water partition coefficient (Wildman–Crippen LogP) is -1.06. The molecule has 0 unspecified atom stereocenters. The first kappa shape index (κ1) is 7.77. The zero-order valence-electron chi connectivity index (χ0n) is 3.63. The summed E-state index contributed by atoms with van der Waals surface area (Å²) in [5.41, 5.74) is 5.19. The Kier molecular flexibility index (Phi) is 4.14. The molecule has 0 aromatic carbocycles. The number of nitrogens with two attached hydrogens (primary N) is 1. The van der Waals surface area contributed by atoms with Crippen LogP contribution in [0.15, 0.2) is 0 Å². The normalized spacial score (nSPS) is 13.4. The molecule has 0 aliphatic rings. The fraction of sp³-hybridized carbons (Fsp3) is 0.667. The second-order valence-electron chi connectivity index (χ2n) is 1.11. The van der Waals surface area contributed by atoms with Crippen LogP contribution in [0.3, 0.4) is 0 Å². The first-order valence-corrected chi connectivity index (χ1v) is 3.55. The predicted molar refractivity (Wildman–Crippen MR) is 32.6 cm³/mol. The molecule has 0 amide bonds. The molecule has 41 valence electrons. The van der Waals surface area contributed by atoms with Gasteiger partial charge in [0.15, 0.2) is 0 Å². The molecular formula is C3H6NOSTe. The molecule has 0 saturated carbocycles. The molecule has 4 heteroatoms. The van der Waals surface area contributed by atoms with Gasteiger partial charge in [0.1, 0.15) is 0 Å². The van der Waals surface area contributed by atoms with Crippen LogP contribution in [0.4, 0.5) is 0 Å². The van der Waals surface area contributed by atoms with E-state index in [1.165, 1.54) is 22.3 Å². The van der Waals surface area contributed by atoms with Crippen LogP contribution in [0.1, 0.15) is 0 Å². The van der Waals surface area contributed by atoms with Gasteiger partial charge in [0.05, 0.1) is 0 Å². The molecule has 0 saturated heterocycles. The summed E-state index contributed by atoms with van der Waals surface area (Å²) in [6, 6.07) is -0.367. The van der Waals surface area contributed by atoms with Crippen molar-refractivity contribution in [2.45, 2.75) is 6.04 Å². The average Bonchev–Trinajstić information content (AvgIpc) is 1.65. The van der Waals surface area contributed by atoms with Crippen molar-refractivity contribution in [1.29, 1.82) is 0 Å².